The molecule has 5 heteroatoms. The second-order valence-electron chi connectivity index (χ2n) is 4.22. The molecule has 90 valence electrons. The van der Waals surface area contributed by atoms with Gasteiger partial charge in [0.25, 0.3) is 5.56 Å². The normalized spacial score (nSPS) is 10.8. The number of nitrogens with one attached hydrogen (secondary N) is 2. The van der Waals surface area contributed by atoms with E-state index >= 15 is 0 Å². The standard InChI is InChI=1S/C11H20N4O/c1-8(2)12-5-6-15(4)10-7-11(16)14-9(3)13-10/h7-8,12H,5-6H2,1-4H3,(H,13,14,16). The van der Waals surface area contributed by atoms with Crippen LogP contribution in [0, 0.1) is 6.92 Å². The molecule has 1 aromatic rings. The summed E-state index contributed by atoms with van der Waals surface area (Å²) in [7, 11) is 1.93. The Bertz CT molecular complexity index is 386. The van der Waals surface area contributed by atoms with E-state index in [9.17, 15) is 4.79 Å². The maximum atomic E-state index is 11.3. The number of hydrogen-bond acceptors (Lipinski definition) is 4. The summed E-state index contributed by atoms with van der Waals surface area (Å²) in [6.45, 7) is 7.70. The van der Waals surface area contributed by atoms with E-state index in [0.29, 0.717) is 17.7 Å². The maximum absolute atomic E-state index is 11.3. The summed E-state index contributed by atoms with van der Waals surface area (Å²) in [6, 6.07) is 1.99. The van der Waals surface area contributed by atoms with E-state index in [2.05, 4.69) is 29.1 Å². The molecule has 0 saturated carbocycles. The molecule has 0 aliphatic rings. The molecule has 0 unspecified atom stereocenters. The van der Waals surface area contributed by atoms with E-state index in [4.69, 9.17) is 0 Å². The fourth-order valence-corrected chi connectivity index (χ4v) is 1.39. The van der Waals surface area contributed by atoms with Crippen LogP contribution in [-0.4, -0.2) is 36.1 Å². The SMILES string of the molecule is Cc1nc(N(C)CCNC(C)C)cc(=O)[nH]1. The molecule has 0 bridgehead atoms. The molecule has 1 rings (SSSR count). The van der Waals surface area contributed by atoms with Gasteiger partial charge in [-0.05, 0) is 6.92 Å². The third-order valence-electron chi connectivity index (χ3n) is 2.24. The minimum atomic E-state index is -0.105. The van der Waals surface area contributed by atoms with Crippen LogP contribution in [0.25, 0.3) is 0 Å². The van der Waals surface area contributed by atoms with E-state index in [1.54, 1.807) is 6.92 Å². The molecule has 0 spiro atoms. The summed E-state index contributed by atoms with van der Waals surface area (Å²) in [5.41, 5.74) is -0.105. The Kier molecular flexibility index (Phi) is 4.49. The summed E-state index contributed by atoms with van der Waals surface area (Å²) in [5.74, 6) is 1.36. The number of aryl methyl sites for hydroxylation is 1. The van der Waals surface area contributed by atoms with Crippen LogP contribution >= 0.6 is 0 Å². The van der Waals surface area contributed by atoms with Crippen molar-refractivity contribution in [3.63, 3.8) is 0 Å². The Hall–Kier alpha value is -1.36. The van der Waals surface area contributed by atoms with Crippen LogP contribution in [0.15, 0.2) is 10.9 Å². The number of H-pyrrole nitrogens is 1. The molecule has 1 heterocycles. The van der Waals surface area contributed by atoms with E-state index in [0.717, 1.165) is 13.1 Å². The van der Waals surface area contributed by atoms with Gasteiger partial charge in [-0.3, -0.25) is 4.79 Å². The maximum Gasteiger partial charge on any atom is 0.252 e. The molecule has 16 heavy (non-hydrogen) atoms. The zero-order valence-electron chi connectivity index (χ0n) is 10.4. The van der Waals surface area contributed by atoms with Crippen molar-refractivity contribution in [1.29, 1.82) is 0 Å². The van der Waals surface area contributed by atoms with Gasteiger partial charge in [0.2, 0.25) is 0 Å². The van der Waals surface area contributed by atoms with Crippen molar-refractivity contribution in [2.75, 3.05) is 25.0 Å². The lowest BCUT2D eigenvalue weighted by atomic mass is 10.4. The topological polar surface area (TPSA) is 61.0 Å². The monoisotopic (exact) mass is 224 g/mol. The fraction of sp³-hybridized carbons (Fsp3) is 0.636. The summed E-state index contributed by atoms with van der Waals surface area (Å²) >= 11 is 0. The van der Waals surface area contributed by atoms with E-state index in [-0.39, 0.29) is 5.56 Å². The van der Waals surface area contributed by atoms with E-state index in [1.165, 1.54) is 6.07 Å². The molecule has 0 atom stereocenters. The first-order chi connectivity index (χ1) is 7.49. The van der Waals surface area contributed by atoms with Gasteiger partial charge >= 0.3 is 0 Å². The Morgan fingerprint density at radius 3 is 2.81 bits per heavy atom. The van der Waals surface area contributed by atoms with Gasteiger partial charge in [-0.2, -0.15) is 0 Å². The number of likely N-dealkylation sites (N-methyl/N-ethyl adjacent to an activating group) is 1. The van der Waals surface area contributed by atoms with Crippen molar-refractivity contribution < 1.29 is 0 Å². The second-order valence-corrected chi connectivity index (χ2v) is 4.22. The van der Waals surface area contributed by atoms with Crippen molar-refractivity contribution in [2.45, 2.75) is 26.8 Å². The lowest BCUT2D eigenvalue weighted by Crippen LogP contribution is -2.33. The van der Waals surface area contributed by atoms with Gasteiger partial charge in [0.1, 0.15) is 11.6 Å². The Balaban J connectivity index is 2.58. The third kappa shape index (κ3) is 4.02. The average molecular weight is 224 g/mol. The molecular formula is C11H20N4O. The van der Waals surface area contributed by atoms with Crippen LogP contribution in [-0.2, 0) is 0 Å². The van der Waals surface area contributed by atoms with Gasteiger partial charge in [-0.15, -0.1) is 0 Å². The molecule has 0 saturated heterocycles. The second kappa shape index (κ2) is 5.65. The Labute approximate surface area is 95.9 Å². The van der Waals surface area contributed by atoms with Crippen molar-refractivity contribution in [1.82, 2.24) is 15.3 Å². The number of hydrogen-bond donors (Lipinski definition) is 2. The minimum Gasteiger partial charge on any atom is -0.358 e. The lowest BCUT2D eigenvalue weighted by Gasteiger charge is -2.19. The fourth-order valence-electron chi connectivity index (χ4n) is 1.39. The summed E-state index contributed by atoms with van der Waals surface area (Å²) in [6.07, 6.45) is 0. The van der Waals surface area contributed by atoms with Gasteiger partial charge in [-0.1, -0.05) is 13.8 Å². The van der Waals surface area contributed by atoms with Crippen LogP contribution in [0.4, 0.5) is 5.82 Å². The molecule has 1 aromatic heterocycles. The van der Waals surface area contributed by atoms with Crippen LogP contribution in [0.2, 0.25) is 0 Å². The molecule has 0 aromatic carbocycles. The third-order valence-corrected chi connectivity index (χ3v) is 2.24. The largest absolute Gasteiger partial charge is 0.358 e. The highest BCUT2D eigenvalue weighted by Crippen LogP contribution is 2.03. The number of rotatable bonds is 5. The number of aromatic amines is 1. The number of anilines is 1. The van der Waals surface area contributed by atoms with Crippen molar-refractivity contribution in [3.8, 4) is 0 Å². The predicted octanol–water partition coefficient (Wildman–Crippen LogP) is 0.513. The Morgan fingerprint density at radius 2 is 2.25 bits per heavy atom. The van der Waals surface area contributed by atoms with Crippen molar-refractivity contribution in [3.05, 3.63) is 22.2 Å². The summed E-state index contributed by atoms with van der Waals surface area (Å²) in [5, 5.41) is 3.32. The average Bonchev–Trinajstić information content (AvgIpc) is 2.15. The van der Waals surface area contributed by atoms with Gasteiger partial charge in [0.15, 0.2) is 0 Å². The van der Waals surface area contributed by atoms with Gasteiger partial charge in [0, 0.05) is 32.2 Å². The molecule has 0 amide bonds. The van der Waals surface area contributed by atoms with Crippen molar-refractivity contribution in [2.24, 2.45) is 0 Å². The molecule has 0 aliphatic carbocycles. The Morgan fingerprint density at radius 1 is 1.56 bits per heavy atom. The van der Waals surface area contributed by atoms with E-state index < -0.39 is 0 Å². The first kappa shape index (κ1) is 12.7. The van der Waals surface area contributed by atoms with E-state index in [1.807, 2.05) is 11.9 Å². The first-order valence-electron chi connectivity index (χ1n) is 5.51. The number of nitrogens with zero attached hydrogens (tertiary/aromatic N) is 2. The quantitative estimate of drug-likeness (QED) is 0.765. The minimum absolute atomic E-state index is 0.105. The van der Waals surface area contributed by atoms with Crippen LogP contribution in [0.1, 0.15) is 19.7 Å². The molecule has 0 fully saturated rings. The molecule has 2 N–H and O–H groups in total. The zero-order chi connectivity index (χ0) is 12.1. The van der Waals surface area contributed by atoms with Crippen molar-refractivity contribution >= 4 is 5.82 Å². The molecule has 0 radical (unpaired) electrons. The highest BCUT2D eigenvalue weighted by atomic mass is 16.1. The summed E-state index contributed by atoms with van der Waals surface area (Å²) in [4.78, 5) is 20.1. The zero-order valence-corrected chi connectivity index (χ0v) is 10.4. The smallest absolute Gasteiger partial charge is 0.252 e. The first-order valence-corrected chi connectivity index (χ1v) is 5.51. The van der Waals surface area contributed by atoms with Gasteiger partial charge in [0.05, 0.1) is 0 Å². The molecular weight excluding hydrogens is 204 g/mol. The van der Waals surface area contributed by atoms with Crippen LogP contribution in [0.3, 0.4) is 0 Å². The summed E-state index contributed by atoms with van der Waals surface area (Å²) < 4.78 is 0. The van der Waals surface area contributed by atoms with Gasteiger partial charge < -0.3 is 15.2 Å². The van der Waals surface area contributed by atoms with Crippen LogP contribution in [0.5, 0.6) is 0 Å². The lowest BCUT2D eigenvalue weighted by molar-refractivity contribution is 0.588. The molecule has 0 aliphatic heterocycles. The number of aromatic nitrogens is 2. The highest BCUT2D eigenvalue weighted by molar-refractivity contribution is 5.35. The predicted molar refractivity (Wildman–Crippen MR) is 66.0 cm³/mol. The highest BCUT2D eigenvalue weighted by Gasteiger charge is 2.04. The molecule has 5 nitrogen and oxygen atoms in total. The van der Waals surface area contributed by atoms with Gasteiger partial charge in [-0.25, -0.2) is 4.98 Å². The van der Waals surface area contributed by atoms with Crippen LogP contribution < -0.4 is 15.8 Å².